The molecule has 0 fully saturated rings. The van der Waals surface area contributed by atoms with Gasteiger partial charge < -0.3 is 0 Å². The van der Waals surface area contributed by atoms with Crippen LogP contribution in [0.3, 0.4) is 0 Å². The minimum Gasteiger partial charge on any atom is -0.299 e. The third-order valence-electron chi connectivity index (χ3n) is 3.07. The summed E-state index contributed by atoms with van der Waals surface area (Å²) in [6, 6.07) is 8.21. The lowest BCUT2D eigenvalue weighted by molar-refractivity contribution is -0.124. The molecular formula is C15H22O. The number of Topliss-reactive ketones (excluding diaryl/α,β-unsaturated/α-hetero) is 1. The zero-order valence-electron chi connectivity index (χ0n) is 10.9. The molecule has 0 amide bonds. The van der Waals surface area contributed by atoms with Gasteiger partial charge in [0, 0.05) is 11.8 Å². The summed E-state index contributed by atoms with van der Waals surface area (Å²) in [6.45, 7) is 10.3. The monoisotopic (exact) mass is 218 g/mol. The highest BCUT2D eigenvalue weighted by Gasteiger charge is 2.26. The molecule has 1 atom stereocenters. The molecule has 1 unspecified atom stereocenters. The van der Waals surface area contributed by atoms with Crippen molar-refractivity contribution >= 4 is 5.78 Å². The molecule has 0 aliphatic carbocycles. The maximum absolute atomic E-state index is 12.2. The molecule has 0 bridgehead atoms. The fourth-order valence-corrected chi connectivity index (χ4v) is 2.14. The first kappa shape index (κ1) is 13.0. The third kappa shape index (κ3) is 2.72. The van der Waals surface area contributed by atoms with Crippen LogP contribution < -0.4 is 0 Å². The molecule has 0 saturated carbocycles. The zero-order valence-corrected chi connectivity index (χ0v) is 10.9. The minimum atomic E-state index is 0.0428. The molecule has 0 aliphatic heterocycles. The van der Waals surface area contributed by atoms with Gasteiger partial charge in [0.15, 0.2) is 0 Å². The van der Waals surface area contributed by atoms with Crippen LogP contribution in [0.5, 0.6) is 0 Å². The fraction of sp³-hybridized carbons (Fsp3) is 0.533. The lowest BCUT2D eigenvalue weighted by Crippen LogP contribution is -2.23. The van der Waals surface area contributed by atoms with Gasteiger partial charge in [-0.3, -0.25) is 4.79 Å². The van der Waals surface area contributed by atoms with Crippen molar-refractivity contribution in [1.29, 1.82) is 0 Å². The maximum atomic E-state index is 12.2. The first-order valence-electron chi connectivity index (χ1n) is 6.04. The number of benzene rings is 1. The summed E-state index contributed by atoms with van der Waals surface area (Å²) in [6.07, 6.45) is 0. The molecule has 0 N–H and O–H groups in total. The number of rotatable bonds is 4. The van der Waals surface area contributed by atoms with Gasteiger partial charge >= 0.3 is 0 Å². The van der Waals surface area contributed by atoms with Crippen LogP contribution in [0.1, 0.15) is 44.7 Å². The molecule has 1 heteroatoms. The van der Waals surface area contributed by atoms with Crippen LogP contribution in [-0.4, -0.2) is 5.78 Å². The molecule has 1 aromatic carbocycles. The second-order valence-corrected chi connectivity index (χ2v) is 5.14. The Morgan fingerprint density at radius 2 is 1.62 bits per heavy atom. The van der Waals surface area contributed by atoms with Gasteiger partial charge in [-0.1, -0.05) is 52.0 Å². The average molecular weight is 218 g/mol. The predicted octanol–water partition coefficient (Wildman–Crippen LogP) is 3.96. The summed E-state index contributed by atoms with van der Waals surface area (Å²) in [5.41, 5.74) is 2.41. The quantitative estimate of drug-likeness (QED) is 0.747. The van der Waals surface area contributed by atoms with Crippen LogP contribution in [-0.2, 0) is 4.79 Å². The zero-order chi connectivity index (χ0) is 12.3. The normalized spacial score (nSPS) is 13.2. The lowest BCUT2D eigenvalue weighted by atomic mass is 9.79. The van der Waals surface area contributed by atoms with E-state index in [1.54, 1.807) is 0 Å². The molecule has 88 valence electrons. The summed E-state index contributed by atoms with van der Waals surface area (Å²) in [7, 11) is 0. The van der Waals surface area contributed by atoms with E-state index in [1.807, 2.05) is 26.0 Å². The van der Waals surface area contributed by atoms with Crippen molar-refractivity contribution in [3.63, 3.8) is 0 Å². The first-order valence-corrected chi connectivity index (χ1v) is 6.04. The average Bonchev–Trinajstić information content (AvgIpc) is 2.20. The number of carbonyl (C=O) groups excluding carboxylic acids is 1. The SMILES string of the molecule is Cc1ccccc1C(C(=O)C(C)C)C(C)C. The van der Waals surface area contributed by atoms with Gasteiger partial charge in [0.05, 0.1) is 0 Å². The highest BCUT2D eigenvalue weighted by atomic mass is 16.1. The predicted molar refractivity (Wildman–Crippen MR) is 68.6 cm³/mol. The second-order valence-electron chi connectivity index (χ2n) is 5.14. The molecular weight excluding hydrogens is 196 g/mol. The van der Waals surface area contributed by atoms with E-state index in [-0.39, 0.29) is 11.8 Å². The van der Waals surface area contributed by atoms with Crippen LogP contribution in [0.25, 0.3) is 0 Å². The van der Waals surface area contributed by atoms with Crippen molar-refractivity contribution in [2.75, 3.05) is 0 Å². The highest BCUT2D eigenvalue weighted by Crippen LogP contribution is 2.30. The molecule has 1 rings (SSSR count). The first-order chi connectivity index (χ1) is 7.45. The van der Waals surface area contributed by atoms with Crippen molar-refractivity contribution in [3.05, 3.63) is 35.4 Å². The van der Waals surface area contributed by atoms with Crippen molar-refractivity contribution in [1.82, 2.24) is 0 Å². The summed E-state index contributed by atoms with van der Waals surface area (Å²) in [4.78, 5) is 12.2. The van der Waals surface area contributed by atoms with Crippen LogP contribution >= 0.6 is 0 Å². The van der Waals surface area contributed by atoms with E-state index in [4.69, 9.17) is 0 Å². The van der Waals surface area contributed by atoms with Gasteiger partial charge in [0.2, 0.25) is 0 Å². The Bertz CT molecular complexity index is 363. The van der Waals surface area contributed by atoms with E-state index in [1.165, 1.54) is 11.1 Å². The Kier molecular flexibility index (Phi) is 4.28. The van der Waals surface area contributed by atoms with E-state index < -0.39 is 0 Å². The Balaban J connectivity index is 3.13. The summed E-state index contributed by atoms with van der Waals surface area (Å²) >= 11 is 0. The lowest BCUT2D eigenvalue weighted by Gasteiger charge is -2.23. The van der Waals surface area contributed by atoms with Crippen molar-refractivity contribution in [2.45, 2.75) is 40.5 Å². The molecule has 0 saturated heterocycles. The van der Waals surface area contributed by atoms with Crippen molar-refractivity contribution in [2.24, 2.45) is 11.8 Å². The van der Waals surface area contributed by atoms with Gasteiger partial charge in [-0.2, -0.15) is 0 Å². The van der Waals surface area contributed by atoms with Gasteiger partial charge in [-0.05, 0) is 24.0 Å². The van der Waals surface area contributed by atoms with Gasteiger partial charge in [-0.15, -0.1) is 0 Å². The number of aryl methyl sites for hydroxylation is 1. The van der Waals surface area contributed by atoms with E-state index in [2.05, 4.69) is 32.9 Å². The Morgan fingerprint density at radius 3 is 2.06 bits per heavy atom. The van der Waals surface area contributed by atoms with Crippen LogP contribution in [0.4, 0.5) is 0 Å². The molecule has 1 aromatic rings. The maximum Gasteiger partial charge on any atom is 0.143 e. The highest BCUT2D eigenvalue weighted by molar-refractivity contribution is 5.87. The van der Waals surface area contributed by atoms with Crippen molar-refractivity contribution < 1.29 is 4.79 Å². The standard InChI is InChI=1S/C15H22O/c1-10(2)14(15(16)11(3)4)13-9-7-6-8-12(13)5/h6-11,14H,1-5H3. The minimum absolute atomic E-state index is 0.0428. The number of carbonyl (C=O) groups is 1. The molecule has 0 aromatic heterocycles. The largest absolute Gasteiger partial charge is 0.299 e. The van der Waals surface area contributed by atoms with E-state index in [0.717, 1.165) is 0 Å². The Labute approximate surface area is 98.9 Å². The van der Waals surface area contributed by atoms with Crippen LogP contribution in [0.2, 0.25) is 0 Å². The molecule has 0 aliphatic rings. The van der Waals surface area contributed by atoms with E-state index >= 15 is 0 Å². The van der Waals surface area contributed by atoms with E-state index in [0.29, 0.717) is 11.7 Å². The number of hydrogen-bond acceptors (Lipinski definition) is 1. The van der Waals surface area contributed by atoms with Gasteiger partial charge in [0.1, 0.15) is 5.78 Å². The summed E-state index contributed by atoms with van der Waals surface area (Å²) in [5, 5.41) is 0. The van der Waals surface area contributed by atoms with Crippen molar-refractivity contribution in [3.8, 4) is 0 Å². The van der Waals surface area contributed by atoms with Gasteiger partial charge in [0.25, 0.3) is 0 Å². The second kappa shape index (κ2) is 5.29. The smallest absolute Gasteiger partial charge is 0.143 e. The Hall–Kier alpha value is -1.11. The third-order valence-corrected chi connectivity index (χ3v) is 3.07. The van der Waals surface area contributed by atoms with E-state index in [9.17, 15) is 4.79 Å². The fourth-order valence-electron chi connectivity index (χ4n) is 2.14. The van der Waals surface area contributed by atoms with Crippen LogP contribution in [0.15, 0.2) is 24.3 Å². The number of ketones is 1. The summed E-state index contributed by atoms with van der Waals surface area (Å²) < 4.78 is 0. The molecule has 1 nitrogen and oxygen atoms in total. The molecule has 16 heavy (non-hydrogen) atoms. The molecule has 0 radical (unpaired) electrons. The van der Waals surface area contributed by atoms with Crippen LogP contribution in [0, 0.1) is 18.8 Å². The Morgan fingerprint density at radius 1 is 1.06 bits per heavy atom. The molecule has 0 heterocycles. The number of hydrogen-bond donors (Lipinski definition) is 0. The topological polar surface area (TPSA) is 17.1 Å². The molecule has 0 spiro atoms. The summed E-state index contributed by atoms with van der Waals surface area (Å²) in [5.74, 6) is 0.855. The van der Waals surface area contributed by atoms with Gasteiger partial charge in [-0.25, -0.2) is 0 Å².